The van der Waals surface area contributed by atoms with E-state index >= 15 is 0 Å². The van der Waals surface area contributed by atoms with Gasteiger partial charge in [0.15, 0.2) is 0 Å². The van der Waals surface area contributed by atoms with Gasteiger partial charge in [-0.05, 0) is 41.8 Å². The molecule has 0 bridgehead atoms. The van der Waals surface area contributed by atoms with Crippen molar-refractivity contribution in [2.75, 3.05) is 5.32 Å². The Hall–Kier alpha value is -1.56. The van der Waals surface area contributed by atoms with E-state index in [0.29, 0.717) is 10.0 Å². The molecule has 1 aliphatic rings. The molecule has 1 aliphatic heterocycles. The van der Waals surface area contributed by atoms with Gasteiger partial charge >= 0.3 is 0 Å². The molecule has 1 aromatic heterocycles. The Labute approximate surface area is 157 Å². The van der Waals surface area contributed by atoms with E-state index in [1.54, 1.807) is 12.4 Å². The molecule has 0 amide bonds. The molecule has 1 N–H and O–H groups in total. The first-order valence-corrected chi connectivity index (χ1v) is 9.03. The van der Waals surface area contributed by atoms with Crippen molar-refractivity contribution in [1.82, 2.24) is 14.8 Å². The Morgan fingerprint density at radius 1 is 1.17 bits per heavy atom. The van der Waals surface area contributed by atoms with E-state index in [4.69, 9.17) is 23.2 Å². The summed E-state index contributed by atoms with van der Waals surface area (Å²) in [5.74, 6) is 0.738. The summed E-state index contributed by atoms with van der Waals surface area (Å²) < 4.78 is 2.96. The normalized spacial score (nSPS) is 19.6. The maximum atomic E-state index is 6.41. The fraction of sp³-hybridized carbons (Fsp3) is 0.176. The van der Waals surface area contributed by atoms with Crippen LogP contribution < -0.4 is 5.32 Å². The van der Waals surface area contributed by atoms with Crippen molar-refractivity contribution >= 4 is 45.1 Å². The first-order valence-electron chi connectivity index (χ1n) is 7.48. The van der Waals surface area contributed by atoms with Crippen molar-refractivity contribution < 1.29 is 0 Å². The summed E-state index contributed by atoms with van der Waals surface area (Å²) in [5.41, 5.74) is 2.18. The van der Waals surface area contributed by atoms with E-state index in [2.05, 4.69) is 43.5 Å². The third kappa shape index (κ3) is 2.92. The fourth-order valence-electron chi connectivity index (χ4n) is 3.10. The molecular formula is C17H13BrCl2N4. The Morgan fingerprint density at radius 2 is 2.04 bits per heavy atom. The van der Waals surface area contributed by atoms with Gasteiger partial charge in [0.25, 0.3) is 0 Å². The third-order valence-electron chi connectivity index (χ3n) is 4.20. The summed E-state index contributed by atoms with van der Waals surface area (Å²) >= 11 is 16.0. The summed E-state index contributed by atoms with van der Waals surface area (Å²) in [6, 6.07) is 14.0. The van der Waals surface area contributed by atoms with E-state index in [1.807, 2.05) is 28.9 Å². The van der Waals surface area contributed by atoms with Gasteiger partial charge in [-0.1, -0.05) is 57.3 Å². The molecule has 0 saturated carbocycles. The fourth-order valence-corrected chi connectivity index (χ4v) is 4.06. The molecule has 122 valence electrons. The van der Waals surface area contributed by atoms with Gasteiger partial charge in [-0.15, -0.1) is 0 Å². The second-order valence-electron chi connectivity index (χ2n) is 5.70. The maximum Gasteiger partial charge on any atom is 0.222 e. The summed E-state index contributed by atoms with van der Waals surface area (Å²) in [5, 5.41) is 9.09. The molecule has 0 aliphatic carbocycles. The van der Waals surface area contributed by atoms with Crippen LogP contribution in [0.3, 0.4) is 0 Å². The quantitative estimate of drug-likeness (QED) is 0.592. The van der Waals surface area contributed by atoms with Gasteiger partial charge in [0, 0.05) is 14.5 Å². The first kappa shape index (κ1) is 15.9. The molecule has 7 heteroatoms. The van der Waals surface area contributed by atoms with Crippen LogP contribution in [0.5, 0.6) is 0 Å². The van der Waals surface area contributed by atoms with Crippen LogP contribution in [0.25, 0.3) is 0 Å². The monoisotopic (exact) mass is 422 g/mol. The van der Waals surface area contributed by atoms with Crippen LogP contribution >= 0.6 is 39.1 Å². The molecular weight excluding hydrogens is 411 g/mol. The predicted molar refractivity (Wildman–Crippen MR) is 99.7 cm³/mol. The second kappa shape index (κ2) is 6.39. The molecule has 3 aromatic rings. The van der Waals surface area contributed by atoms with Gasteiger partial charge in [-0.3, -0.25) is 0 Å². The van der Waals surface area contributed by atoms with E-state index < -0.39 is 0 Å². The number of benzene rings is 2. The van der Waals surface area contributed by atoms with Gasteiger partial charge in [-0.2, -0.15) is 10.1 Å². The molecule has 0 fully saturated rings. The zero-order valence-electron chi connectivity index (χ0n) is 12.5. The van der Waals surface area contributed by atoms with E-state index in [-0.39, 0.29) is 12.1 Å². The van der Waals surface area contributed by atoms with Crippen molar-refractivity contribution in [3.63, 3.8) is 0 Å². The zero-order valence-corrected chi connectivity index (χ0v) is 15.6. The molecule has 2 aromatic carbocycles. The van der Waals surface area contributed by atoms with Gasteiger partial charge < -0.3 is 5.32 Å². The number of nitrogens with zero attached hydrogens (tertiary/aromatic N) is 3. The zero-order chi connectivity index (χ0) is 16.7. The number of hydrogen-bond donors (Lipinski definition) is 1. The van der Waals surface area contributed by atoms with Crippen molar-refractivity contribution in [3.05, 3.63) is 74.4 Å². The molecule has 2 heterocycles. The molecule has 0 unspecified atom stereocenters. The number of fused-ring (bicyclic) bond motifs is 1. The van der Waals surface area contributed by atoms with Gasteiger partial charge in [0.05, 0.1) is 12.1 Å². The topological polar surface area (TPSA) is 42.7 Å². The van der Waals surface area contributed by atoms with Crippen molar-refractivity contribution in [2.45, 2.75) is 18.5 Å². The second-order valence-corrected chi connectivity index (χ2v) is 7.46. The highest BCUT2D eigenvalue weighted by Gasteiger charge is 2.30. The molecule has 4 rings (SSSR count). The lowest BCUT2D eigenvalue weighted by Crippen LogP contribution is -2.28. The molecule has 0 saturated heterocycles. The molecule has 2 atom stereocenters. The maximum absolute atomic E-state index is 6.41. The van der Waals surface area contributed by atoms with Crippen LogP contribution in [0.2, 0.25) is 10.0 Å². The number of anilines is 1. The van der Waals surface area contributed by atoms with Crippen molar-refractivity contribution in [1.29, 1.82) is 0 Å². The van der Waals surface area contributed by atoms with Crippen molar-refractivity contribution in [2.24, 2.45) is 0 Å². The number of rotatable bonds is 2. The lowest BCUT2D eigenvalue weighted by atomic mass is 9.93. The van der Waals surface area contributed by atoms with Crippen LogP contribution in [0.4, 0.5) is 5.95 Å². The largest absolute Gasteiger partial charge is 0.347 e. The highest BCUT2D eigenvalue weighted by atomic mass is 79.9. The standard InChI is InChI=1S/C17H13BrCl2N4/c18-11-3-1-2-10(6-11)16-8-15(23-17-21-9-22-24(16)17)13-5-4-12(19)7-14(13)20/h1-7,9,15-16H,8H2,(H,21,22,23)/t15-,16-/m0/s1. The Kier molecular flexibility index (Phi) is 4.24. The Balaban J connectivity index is 1.76. The summed E-state index contributed by atoms with van der Waals surface area (Å²) in [6.45, 7) is 0. The Morgan fingerprint density at radius 3 is 2.83 bits per heavy atom. The van der Waals surface area contributed by atoms with Crippen LogP contribution in [0.15, 0.2) is 53.3 Å². The lowest BCUT2D eigenvalue weighted by Gasteiger charge is -2.32. The van der Waals surface area contributed by atoms with Crippen LogP contribution in [-0.4, -0.2) is 14.8 Å². The molecule has 4 nitrogen and oxygen atoms in total. The van der Waals surface area contributed by atoms with Gasteiger partial charge in [0.2, 0.25) is 5.95 Å². The smallest absolute Gasteiger partial charge is 0.222 e. The minimum atomic E-state index is 0.0375. The average Bonchev–Trinajstić information content (AvgIpc) is 3.02. The van der Waals surface area contributed by atoms with Crippen LogP contribution in [0, 0.1) is 0 Å². The van der Waals surface area contributed by atoms with Crippen LogP contribution in [0.1, 0.15) is 29.6 Å². The number of hydrogen-bond acceptors (Lipinski definition) is 3. The highest BCUT2D eigenvalue weighted by molar-refractivity contribution is 9.10. The molecule has 0 spiro atoms. The number of halogens is 3. The minimum Gasteiger partial charge on any atom is -0.347 e. The number of nitrogens with one attached hydrogen (secondary N) is 1. The van der Waals surface area contributed by atoms with Gasteiger partial charge in [0.1, 0.15) is 6.33 Å². The number of aromatic nitrogens is 3. The van der Waals surface area contributed by atoms with E-state index in [9.17, 15) is 0 Å². The van der Waals surface area contributed by atoms with Crippen molar-refractivity contribution in [3.8, 4) is 0 Å². The highest BCUT2D eigenvalue weighted by Crippen LogP contribution is 2.40. The summed E-state index contributed by atoms with van der Waals surface area (Å²) in [4.78, 5) is 4.34. The van der Waals surface area contributed by atoms with E-state index in [1.165, 1.54) is 5.56 Å². The summed E-state index contributed by atoms with van der Waals surface area (Å²) in [6.07, 6.45) is 2.38. The molecule has 0 radical (unpaired) electrons. The average molecular weight is 424 g/mol. The van der Waals surface area contributed by atoms with E-state index in [0.717, 1.165) is 22.4 Å². The lowest BCUT2D eigenvalue weighted by molar-refractivity contribution is 0.431. The minimum absolute atomic E-state index is 0.0375. The Bertz CT molecular complexity index is 896. The molecule has 24 heavy (non-hydrogen) atoms. The van der Waals surface area contributed by atoms with Crippen LogP contribution in [-0.2, 0) is 0 Å². The summed E-state index contributed by atoms with van der Waals surface area (Å²) in [7, 11) is 0. The first-order chi connectivity index (χ1) is 11.6. The predicted octanol–water partition coefficient (Wildman–Crippen LogP) is 5.49. The van der Waals surface area contributed by atoms with Gasteiger partial charge in [-0.25, -0.2) is 4.68 Å². The SMILES string of the molecule is Clc1ccc([C@@H]2C[C@@H](c3cccc(Br)c3)n3ncnc3N2)c(Cl)c1. The third-order valence-corrected chi connectivity index (χ3v) is 5.26.